The minimum atomic E-state index is -1.49. The first kappa shape index (κ1) is 18.1. The van der Waals surface area contributed by atoms with Crippen LogP contribution in [0.25, 0.3) is 0 Å². The fraction of sp³-hybridized carbons (Fsp3) is 0.867. The third-order valence-electron chi connectivity index (χ3n) is 2.11. The maximum atomic E-state index is 6.18. The third kappa shape index (κ3) is 12.6. The minimum Gasteiger partial charge on any atom is -0.540 e. The van der Waals surface area contributed by atoms with Crippen molar-refractivity contribution in [3.05, 3.63) is 11.2 Å². The van der Waals surface area contributed by atoms with Crippen molar-refractivity contribution in [1.82, 2.24) is 0 Å². The lowest BCUT2D eigenvalue weighted by molar-refractivity contribution is 0.457. The Labute approximate surface area is 120 Å². The molecule has 1 nitrogen and oxygen atoms in total. The average Bonchev–Trinajstić information content (AvgIpc) is 2.06. The molecule has 0 rings (SSSR count). The standard InChI is InChI=1S/C15H32OSSi/c1-13(2)11-9-10-12-14(16-18(6,7)8)17-15(3,4)5/h12-13H,9-11H2,1-8H3/b14-12-. The fourth-order valence-corrected chi connectivity index (χ4v) is 3.86. The Morgan fingerprint density at radius 1 is 1.22 bits per heavy atom. The van der Waals surface area contributed by atoms with E-state index in [0.717, 1.165) is 17.4 Å². The molecule has 18 heavy (non-hydrogen) atoms. The molecule has 0 fully saturated rings. The number of rotatable bonds is 7. The summed E-state index contributed by atoms with van der Waals surface area (Å²) in [6.45, 7) is 18.0. The topological polar surface area (TPSA) is 9.23 Å². The lowest BCUT2D eigenvalue weighted by atomic mass is 10.1. The van der Waals surface area contributed by atoms with Gasteiger partial charge in [-0.25, -0.2) is 0 Å². The Morgan fingerprint density at radius 3 is 2.17 bits per heavy atom. The van der Waals surface area contributed by atoms with E-state index in [2.05, 4.69) is 60.3 Å². The quantitative estimate of drug-likeness (QED) is 0.321. The molecule has 0 radical (unpaired) electrons. The molecule has 0 saturated heterocycles. The number of unbranched alkanes of at least 4 members (excludes halogenated alkanes) is 1. The summed E-state index contributed by atoms with van der Waals surface area (Å²) in [6.07, 6.45) is 6.01. The second-order valence-electron chi connectivity index (χ2n) is 7.28. The van der Waals surface area contributed by atoms with Crippen molar-refractivity contribution in [2.24, 2.45) is 5.92 Å². The molecule has 3 heteroatoms. The molecule has 0 aromatic carbocycles. The Bertz CT molecular complexity index is 241. The van der Waals surface area contributed by atoms with E-state index in [1.54, 1.807) is 0 Å². The van der Waals surface area contributed by atoms with Crippen LogP contribution in [0.2, 0.25) is 19.6 Å². The molecule has 0 aliphatic heterocycles. The Balaban J connectivity index is 4.41. The molecule has 108 valence electrons. The molecule has 0 N–H and O–H groups in total. The molecule has 0 bridgehead atoms. The van der Waals surface area contributed by atoms with Gasteiger partial charge < -0.3 is 4.43 Å². The van der Waals surface area contributed by atoms with Crippen LogP contribution in [-0.4, -0.2) is 13.1 Å². The van der Waals surface area contributed by atoms with Crippen LogP contribution in [0.15, 0.2) is 11.2 Å². The van der Waals surface area contributed by atoms with Crippen molar-refractivity contribution in [2.75, 3.05) is 0 Å². The van der Waals surface area contributed by atoms with Gasteiger partial charge in [0.15, 0.2) is 0 Å². The minimum absolute atomic E-state index is 0.226. The van der Waals surface area contributed by atoms with Crippen molar-refractivity contribution in [1.29, 1.82) is 0 Å². The summed E-state index contributed by atoms with van der Waals surface area (Å²) in [5.74, 6) is 0.801. The van der Waals surface area contributed by atoms with E-state index in [-0.39, 0.29) is 4.75 Å². The van der Waals surface area contributed by atoms with Crippen LogP contribution in [0.1, 0.15) is 53.9 Å². The molecular formula is C15H32OSSi. The highest BCUT2D eigenvalue weighted by atomic mass is 32.2. The number of hydrogen-bond acceptors (Lipinski definition) is 2. The Hall–Kier alpha value is 0.107. The number of allylic oxidation sites excluding steroid dienone is 1. The first-order valence-corrected chi connectivity index (χ1v) is 11.3. The van der Waals surface area contributed by atoms with Crippen molar-refractivity contribution in [3.8, 4) is 0 Å². The Morgan fingerprint density at radius 2 is 1.78 bits per heavy atom. The van der Waals surface area contributed by atoms with Gasteiger partial charge in [-0.15, -0.1) is 0 Å². The monoisotopic (exact) mass is 288 g/mol. The zero-order chi connectivity index (χ0) is 14.4. The zero-order valence-corrected chi connectivity index (χ0v) is 15.4. The van der Waals surface area contributed by atoms with Crippen LogP contribution < -0.4 is 0 Å². The summed E-state index contributed by atoms with van der Waals surface area (Å²) in [5.41, 5.74) is 0. The van der Waals surface area contributed by atoms with Crippen LogP contribution in [0.3, 0.4) is 0 Å². The molecule has 0 aliphatic carbocycles. The molecule has 0 aromatic rings. The van der Waals surface area contributed by atoms with E-state index in [0.29, 0.717) is 0 Å². The van der Waals surface area contributed by atoms with Crippen molar-refractivity contribution >= 4 is 20.1 Å². The average molecular weight is 289 g/mol. The molecule has 0 atom stereocenters. The van der Waals surface area contributed by atoms with Crippen molar-refractivity contribution < 1.29 is 4.43 Å². The number of hydrogen-bond donors (Lipinski definition) is 0. The molecule has 0 aliphatic rings. The second-order valence-corrected chi connectivity index (χ2v) is 13.5. The maximum absolute atomic E-state index is 6.18. The van der Waals surface area contributed by atoms with Crippen LogP contribution in [0, 0.1) is 5.92 Å². The summed E-state index contributed by atoms with van der Waals surface area (Å²) in [5, 5.41) is 1.14. The van der Waals surface area contributed by atoms with Crippen LogP contribution in [0.4, 0.5) is 0 Å². The van der Waals surface area contributed by atoms with Crippen LogP contribution >= 0.6 is 11.8 Å². The molecule has 0 amide bonds. The maximum Gasteiger partial charge on any atom is 0.242 e. The zero-order valence-electron chi connectivity index (χ0n) is 13.6. The van der Waals surface area contributed by atoms with Gasteiger partial charge in [-0.1, -0.05) is 52.8 Å². The summed E-state index contributed by atoms with van der Waals surface area (Å²) in [4.78, 5) is 0. The van der Waals surface area contributed by atoms with E-state index in [9.17, 15) is 0 Å². The molecule has 0 heterocycles. The van der Waals surface area contributed by atoms with Gasteiger partial charge in [0, 0.05) is 4.75 Å². The van der Waals surface area contributed by atoms with Gasteiger partial charge in [0.05, 0.1) is 0 Å². The summed E-state index contributed by atoms with van der Waals surface area (Å²) < 4.78 is 6.41. The molecule has 0 saturated carbocycles. The fourth-order valence-electron chi connectivity index (χ4n) is 1.45. The normalized spacial score (nSPS) is 14.2. The molecule has 0 spiro atoms. The van der Waals surface area contributed by atoms with Crippen molar-refractivity contribution in [3.63, 3.8) is 0 Å². The van der Waals surface area contributed by atoms with E-state index < -0.39 is 8.32 Å². The molecule has 0 unspecified atom stereocenters. The van der Waals surface area contributed by atoms with Gasteiger partial charge in [0.25, 0.3) is 0 Å². The highest BCUT2D eigenvalue weighted by molar-refractivity contribution is 8.04. The van der Waals surface area contributed by atoms with Gasteiger partial charge >= 0.3 is 0 Å². The van der Waals surface area contributed by atoms with Gasteiger partial charge in [-0.2, -0.15) is 0 Å². The van der Waals surface area contributed by atoms with Gasteiger partial charge in [-0.05, 0) is 44.5 Å². The third-order valence-corrected chi connectivity index (χ3v) is 4.15. The van der Waals surface area contributed by atoms with E-state index in [1.807, 2.05) is 11.8 Å². The van der Waals surface area contributed by atoms with E-state index in [4.69, 9.17) is 4.43 Å². The summed E-state index contributed by atoms with van der Waals surface area (Å²) in [7, 11) is -1.49. The SMILES string of the molecule is CC(C)CCC/C=C(/O[Si](C)(C)C)SC(C)(C)C. The summed E-state index contributed by atoms with van der Waals surface area (Å²) in [6, 6.07) is 0. The first-order chi connectivity index (χ1) is 7.99. The van der Waals surface area contributed by atoms with E-state index >= 15 is 0 Å². The van der Waals surface area contributed by atoms with Crippen LogP contribution in [-0.2, 0) is 4.43 Å². The smallest absolute Gasteiger partial charge is 0.242 e. The summed E-state index contributed by atoms with van der Waals surface area (Å²) >= 11 is 1.86. The van der Waals surface area contributed by atoms with Crippen molar-refractivity contribution in [2.45, 2.75) is 78.3 Å². The first-order valence-electron chi connectivity index (χ1n) is 7.08. The van der Waals surface area contributed by atoms with Crippen LogP contribution in [0.5, 0.6) is 0 Å². The lowest BCUT2D eigenvalue weighted by Gasteiger charge is -2.26. The second kappa shape index (κ2) is 7.64. The lowest BCUT2D eigenvalue weighted by Crippen LogP contribution is -2.25. The van der Waals surface area contributed by atoms with Gasteiger partial charge in [-0.3, -0.25) is 0 Å². The van der Waals surface area contributed by atoms with E-state index in [1.165, 1.54) is 12.8 Å². The van der Waals surface area contributed by atoms with Gasteiger partial charge in [0.2, 0.25) is 8.32 Å². The van der Waals surface area contributed by atoms with Gasteiger partial charge in [0.1, 0.15) is 5.09 Å². The molecule has 0 aromatic heterocycles. The highest BCUT2D eigenvalue weighted by Gasteiger charge is 2.21. The number of thioether (sulfide) groups is 1. The largest absolute Gasteiger partial charge is 0.540 e. The Kier molecular flexibility index (Phi) is 7.68. The predicted octanol–water partition coefficient (Wildman–Crippen LogP) is 6.04. The predicted molar refractivity (Wildman–Crippen MR) is 88.5 cm³/mol. The molecular weight excluding hydrogens is 256 g/mol. The highest BCUT2D eigenvalue weighted by Crippen LogP contribution is 2.34.